The maximum Gasteiger partial charge on any atom is 0.409 e. The molecule has 0 unspecified atom stereocenters. The molecule has 1 rings (SSSR count). The van der Waals surface area contributed by atoms with Crippen LogP contribution in [0.15, 0.2) is 30.3 Å². The average molecular weight is 181 g/mol. The molecule has 0 atom stereocenters. The number of hydrogen-bond acceptors (Lipinski definition) is 2. The lowest BCUT2D eigenvalue weighted by Gasteiger charge is -2.15. The normalized spacial score (nSPS) is 9.62. The molecule has 0 aromatic heterocycles. The molecule has 0 aliphatic rings. The second-order valence-corrected chi connectivity index (χ2v) is 2.61. The summed E-state index contributed by atoms with van der Waals surface area (Å²) in [5.41, 5.74) is 0.860. The number of rotatable bonds is 3. The molecule has 0 saturated carbocycles. The number of aliphatic hydroxyl groups is 1. The van der Waals surface area contributed by atoms with Gasteiger partial charge in [-0.2, -0.15) is 0 Å². The second kappa shape index (κ2) is 4.47. The summed E-state index contributed by atoms with van der Waals surface area (Å²) in [5.74, 6) is 0. The van der Waals surface area contributed by atoms with E-state index in [2.05, 4.69) is 0 Å². The summed E-state index contributed by atoms with van der Waals surface area (Å²) in [4.78, 5) is 11.4. The number of carbonyl (C=O) groups is 1. The van der Waals surface area contributed by atoms with Gasteiger partial charge in [-0.1, -0.05) is 30.3 Å². The lowest BCUT2D eigenvalue weighted by molar-refractivity contribution is 0.0844. The van der Waals surface area contributed by atoms with Gasteiger partial charge in [0.1, 0.15) is 6.73 Å². The minimum absolute atomic E-state index is 0.215. The maximum atomic E-state index is 10.5. The average Bonchev–Trinajstić information content (AvgIpc) is 2.15. The Morgan fingerprint density at radius 2 is 1.92 bits per heavy atom. The van der Waals surface area contributed by atoms with Gasteiger partial charge < -0.3 is 10.2 Å². The van der Waals surface area contributed by atoms with Gasteiger partial charge in [-0.25, -0.2) is 4.79 Å². The highest BCUT2D eigenvalue weighted by atomic mass is 16.4. The SMILES string of the molecule is O=C(O)N(CO)Cc1ccccc1. The molecule has 0 saturated heterocycles. The molecule has 4 nitrogen and oxygen atoms in total. The molecular weight excluding hydrogens is 170 g/mol. The van der Waals surface area contributed by atoms with Crippen molar-refractivity contribution in [3.63, 3.8) is 0 Å². The van der Waals surface area contributed by atoms with Gasteiger partial charge in [-0.3, -0.25) is 4.90 Å². The van der Waals surface area contributed by atoms with Gasteiger partial charge in [0.05, 0.1) is 6.54 Å². The van der Waals surface area contributed by atoms with Crippen molar-refractivity contribution in [3.05, 3.63) is 35.9 Å². The molecule has 2 N–H and O–H groups in total. The number of aliphatic hydroxyl groups excluding tert-OH is 1. The Morgan fingerprint density at radius 1 is 1.31 bits per heavy atom. The summed E-state index contributed by atoms with van der Waals surface area (Å²) >= 11 is 0. The van der Waals surface area contributed by atoms with Crippen LogP contribution in [0.25, 0.3) is 0 Å². The Labute approximate surface area is 76.0 Å². The van der Waals surface area contributed by atoms with Gasteiger partial charge in [0.2, 0.25) is 0 Å². The summed E-state index contributed by atoms with van der Waals surface area (Å²) in [6, 6.07) is 9.13. The number of nitrogens with zero attached hydrogens (tertiary/aromatic N) is 1. The van der Waals surface area contributed by atoms with Crippen LogP contribution in [-0.2, 0) is 6.54 Å². The second-order valence-electron chi connectivity index (χ2n) is 2.61. The molecule has 0 aliphatic carbocycles. The number of hydrogen-bond donors (Lipinski definition) is 2. The smallest absolute Gasteiger partial charge is 0.409 e. The topological polar surface area (TPSA) is 60.8 Å². The molecule has 0 radical (unpaired) electrons. The third-order valence-electron chi connectivity index (χ3n) is 1.66. The molecule has 4 heteroatoms. The van der Waals surface area contributed by atoms with E-state index < -0.39 is 12.8 Å². The standard InChI is InChI=1S/C9H11NO3/c11-7-10(9(12)13)6-8-4-2-1-3-5-8/h1-5,11H,6-7H2,(H,12,13). The largest absolute Gasteiger partial charge is 0.465 e. The fourth-order valence-electron chi connectivity index (χ4n) is 0.982. The summed E-state index contributed by atoms with van der Waals surface area (Å²) in [6.45, 7) is -0.267. The van der Waals surface area contributed by atoms with Crippen molar-refractivity contribution in [2.24, 2.45) is 0 Å². The molecule has 1 aromatic carbocycles. The molecule has 1 aromatic rings. The molecule has 0 heterocycles. The molecule has 0 fully saturated rings. The van der Waals surface area contributed by atoms with E-state index in [-0.39, 0.29) is 6.54 Å². The van der Waals surface area contributed by atoms with E-state index in [0.29, 0.717) is 0 Å². The van der Waals surface area contributed by atoms with Crippen LogP contribution in [0.3, 0.4) is 0 Å². The first-order valence-electron chi connectivity index (χ1n) is 3.86. The predicted octanol–water partition coefficient (Wildman–Crippen LogP) is 1.12. The van der Waals surface area contributed by atoms with Crippen LogP contribution in [-0.4, -0.2) is 27.9 Å². The monoisotopic (exact) mass is 181 g/mol. The quantitative estimate of drug-likeness (QED) is 0.687. The van der Waals surface area contributed by atoms with Crippen molar-refractivity contribution in [1.82, 2.24) is 4.90 Å². The number of carboxylic acid groups (broad SMARTS) is 1. The van der Waals surface area contributed by atoms with Crippen molar-refractivity contribution < 1.29 is 15.0 Å². The summed E-state index contributed by atoms with van der Waals surface area (Å²) < 4.78 is 0. The fourth-order valence-corrected chi connectivity index (χ4v) is 0.982. The van der Waals surface area contributed by atoms with Crippen molar-refractivity contribution in [2.75, 3.05) is 6.73 Å². The molecule has 0 bridgehead atoms. The van der Waals surface area contributed by atoms with Crippen LogP contribution in [0.5, 0.6) is 0 Å². The van der Waals surface area contributed by atoms with Crippen LogP contribution in [0.2, 0.25) is 0 Å². The summed E-state index contributed by atoms with van der Waals surface area (Å²) in [7, 11) is 0. The zero-order chi connectivity index (χ0) is 9.68. The van der Waals surface area contributed by atoms with Crippen LogP contribution in [0, 0.1) is 0 Å². The zero-order valence-electron chi connectivity index (χ0n) is 7.05. The Balaban J connectivity index is 2.62. The molecule has 0 aliphatic heterocycles. The third-order valence-corrected chi connectivity index (χ3v) is 1.66. The minimum Gasteiger partial charge on any atom is -0.465 e. The van der Waals surface area contributed by atoms with Crippen LogP contribution >= 0.6 is 0 Å². The Bertz CT molecular complexity index is 273. The highest BCUT2D eigenvalue weighted by Crippen LogP contribution is 2.03. The van der Waals surface area contributed by atoms with Gasteiger partial charge in [-0.05, 0) is 5.56 Å². The first kappa shape index (κ1) is 9.54. The Kier molecular flexibility index (Phi) is 3.28. The first-order chi connectivity index (χ1) is 6.24. The highest BCUT2D eigenvalue weighted by Gasteiger charge is 2.09. The highest BCUT2D eigenvalue weighted by molar-refractivity contribution is 5.64. The van der Waals surface area contributed by atoms with Gasteiger partial charge in [0, 0.05) is 0 Å². The van der Waals surface area contributed by atoms with E-state index in [4.69, 9.17) is 10.2 Å². The van der Waals surface area contributed by atoms with E-state index in [1.165, 1.54) is 0 Å². The molecule has 13 heavy (non-hydrogen) atoms. The molecular formula is C9H11NO3. The van der Waals surface area contributed by atoms with E-state index in [1.54, 1.807) is 0 Å². The van der Waals surface area contributed by atoms with Crippen molar-refractivity contribution in [2.45, 2.75) is 6.54 Å². The Morgan fingerprint density at radius 3 is 2.38 bits per heavy atom. The predicted molar refractivity (Wildman–Crippen MR) is 47.1 cm³/mol. The molecule has 0 spiro atoms. The lowest BCUT2D eigenvalue weighted by Crippen LogP contribution is -2.29. The third kappa shape index (κ3) is 2.76. The summed E-state index contributed by atoms with van der Waals surface area (Å²) in [5, 5.41) is 17.3. The van der Waals surface area contributed by atoms with Gasteiger partial charge in [0.15, 0.2) is 0 Å². The van der Waals surface area contributed by atoms with Crippen LogP contribution in [0.4, 0.5) is 4.79 Å². The Hall–Kier alpha value is -1.55. The number of amides is 1. The number of benzene rings is 1. The van der Waals surface area contributed by atoms with Crippen molar-refractivity contribution in [3.8, 4) is 0 Å². The van der Waals surface area contributed by atoms with E-state index >= 15 is 0 Å². The van der Waals surface area contributed by atoms with Gasteiger partial charge in [0.25, 0.3) is 0 Å². The maximum absolute atomic E-state index is 10.5. The fraction of sp³-hybridized carbons (Fsp3) is 0.222. The van der Waals surface area contributed by atoms with Gasteiger partial charge in [-0.15, -0.1) is 0 Å². The molecule has 70 valence electrons. The van der Waals surface area contributed by atoms with E-state index in [1.807, 2.05) is 30.3 Å². The van der Waals surface area contributed by atoms with Crippen LogP contribution in [0.1, 0.15) is 5.56 Å². The minimum atomic E-state index is -1.12. The van der Waals surface area contributed by atoms with E-state index in [0.717, 1.165) is 10.5 Å². The van der Waals surface area contributed by atoms with Gasteiger partial charge >= 0.3 is 6.09 Å². The molecule has 1 amide bonds. The van der Waals surface area contributed by atoms with Crippen LogP contribution < -0.4 is 0 Å². The zero-order valence-corrected chi connectivity index (χ0v) is 7.05. The van der Waals surface area contributed by atoms with Crippen molar-refractivity contribution >= 4 is 6.09 Å². The lowest BCUT2D eigenvalue weighted by atomic mass is 10.2. The first-order valence-corrected chi connectivity index (χ1v) is 3.86. The van der Waals surface area contributed by atoms with E-state index in [9.17, 15) is 4.79 Å². The van der Waals surface area contributed by atoms with Crippen molar-refractivity contribution in [1.29, 1.82) is 0 Å². The summed E-state index contributed by atoms with van der Waals surface area (Å²) in [6.07, 6.45) is -1.12.